The van der Waals surface area contributed by atoms with Gasteiger partial charge < -0.3 is 9.55 Å². The number of rotatable bonds is 5. The van der Waals surface area contributed by atoms with Gasteiger partial charge >= 0.3 is 0 Å². The molecule has 0 bridgehead atoms. The molecule has 140 valence electrons. The second-order valence-corrected chi connectivity index (χ2v) is 7.91. The minimum absolute atomic E-state index is 0.763. The summed E-state index contributed by atoms with van der Waals surface area (Å²) in [6.45, 7) is 4.76. The maximum Gasteiger partial charge on any atom is 0.212 e. The SMILES string of the molecule is Cc1cnc(-c2c(-c3ccccc3)ncn2CCc2cn3nc(C)sc3n2)[nH]1. The van der Waals surface area contributed by atoms with E-state index in [2.05, 4.69) is 36.8 Å². The zero-order valence-corrected chi connectivity index (χ0v) is 16.4. The fraction of sp³-hybridized carbons (Fsp3) is 0.200. The van der Waals surface area contributed by atoms with Gasteiger partial charge in [0.05, 0.1) is 23.9 Å². The normalized spacial score (nSPS) is 11.5. The molecule has 4 heterocycles. The van der Waals surface area contributed by atoms with Crippen molar-refractivity contribution in [2.75, 3.05) is 0 Å². The summed E-state index contributed by atoms with van der Waals surface area (Å²) < 4.78 is 4.00. The van der Waals surface area contributed by atoms with Crippen molar-refractivity contribution in [2.45, 2.75) is 26.8 Å². The molecule has 0 radical (unpaired) electrons. The number of aryl methyl sites for hydroxylation is 4. The van der Waals surface area contributed by atoms with Gasteiger partial charge in [-0.2, -0.15) is 5.10 Å². The summed E-state index contributed by atoms with van der Waals surface area (Å²) in [5, 5.41) is 5.46. The molecule has 0 fully saturated rings. The first-order chi connectivity index (χ1) is 13.7. The number of nitrogens with one attached hydrogen (secondary N) is 1. The summed E-state index contributed by atoms with van der Waals surface area (Å²) in [7, 11) is 0. The maximum atomic E-state index is 4.70. The van der Waals surface area contributed by atoms with E-state index in [0.717, 1.165) is 57.1 Å². The number of benzene rings is 1. The Labute approximate surface area is 165 Å². The van der Waals surface area contributed by atoms with Gasteiger partial charge in [-0.3, -0.25) is 0 Å². The molecule has 0 saturated heterocycles. The van der Waals surface area contributed by atoms with E-state index in [-0.39, 0.29) is 0 Å². The Hall–Kier alpha value is -3.26. The lowest BCUT2D eigenvalue weighted by Crippen LogP contribution is -2.03. The highest BCUT2D eigenvalue weighted by molar-refractivity contribution is 7.16. The minimum Gasteiger partial charge on any atom is -0.341 e. The van der Waals surface area contributed by atoms with Crippen molar-refractivity contribution in [3.8, 4) is 22.8 Å². The molecule has 0 spiro atoms. The van der Waals surface area contributed by atoms with Gasteiger partial charge in [0.25, 0.3) is 0 Å². The molecule has 0 saturated carbocycles. The van der Waals surface area contributed by atoms with Crippen LogP contribution >= 0.6 is 11.3 Å². The van der Waals surface area contributed by atoms with Crippen LogP contribution in [0.4, 0.5) is 0 Å². The Balaban J connectivity index is 1.49. The van der Waals surface area contributed by atoms with Crippen molar-refractivity contribution in [1.29, 1.82) is 0 Å². The van der Waals surface area contributed by atoms with Crippen LogP contribution in [0.2, 0.25) is 0 Å². The molecule has 0 amide bonds. The molecule has 0 aliphatic heterocycles. The summed E-state index contributed by atoms with van der Waals surface area (Å²) in [5.74, 6) is 0.831. The van der Waals surface area contributed by atoms with E-state index in [0.29, 0.717) is 0 Å². The van der Waals surface area contributed by atoms with E-state index in [1.807, 2.05) is 55.3 Å². The van der Waals surface area contributed by atoms with Crippen LogP contribution < -0.4 is 0 Å². The Kier molecular flexibility index (Phi) is 4.05. The monoisotopic (exact) mass is 389 g/mol. The lowest BCUT2D eigenvalue weighted by molar-refractivity contribution is 0.690. The molecule has 1 aromatic carbocycles. The summed E-state index contributed by atoms with van der Waals surface area (Å²) in [6, 6.07) is 10.2. The average molecular weight is 389 g/mol. The fourth-order valence-electron chi connectivity index (χ4n) is 3.34. The van der Waals surface area contributed by atoms with Gasteiger partial charge in [0.15, 0.2) is 5.82 Å². The van der Waals surface area contributed by atoms with Crippen LogP contribution in [-0.2, 0) is 13.0 Å². The summed E-state index contributed by atoms with van der Waals surface area (Å²) in [6.07, 6.45) is 6.53. The predicted molar refractivity (Wildman–Crippen MR) is 109 cm³/mol. The molecule has 0 aliphatic rings. The lowest BCUT2D eigenvalue weighted by Gasteiger charge is -2.08. The van der Waals surface area contributed by atoms with Crippen molar-refractivity contribution in [1.82, 2.24) is 34.1 Å². The largest absolute Gasteiger partial charge is 0.341 e. The molecule has 4 aromatic heterocycles. The van der Waals surface area contributed by atoms with E-state index >= 15 is 0 Å². The minimum atomic E-state index is 0.763. The molecule has 8 heteroatoms. The van der Waals surface area contributed by atoms with Gasteiger partial charge in [-0.25, -0.2) is 19.5 Å². The van der Waals surface area contributed by atoms with Crippen LogP contribution in [0.1, 0.15) is 16.4 Å². The van der Waals surface area contributed by atoms with Crippen LogP contribution in [0.3, 0.4) is 0 Å². The van der Waals surface area contributed by atoms with Gasteiger partial charge in [0, 0.05) is 30.4 Å². The second kappa shape index (κ2) is 6.72. The van der Waals surface area contributed by atoms with E-state index < -0.39 is 0 Å². The molecule has 28 heavy (non-hydrogen) atoms. The number of fused-ring (bicyclic) bond motifs is 1. The summed E-state index contributed by atoms with van der Waals surface area (Å²) in [5.41, 5.74) is 5.05. The van der Waals surface area contributed by atoms with Crippen molar-refractivity contribution >= 4 is 16.3 Å². The Morgan fingerprint density at radius 1 is 1.11 bits per heavy atom. The highest BCUT2D eigenvalue weighted by atomic mass is 32.1. The molecular weight excluding hydrogens is 370 g/mol. The highest BCUT2D eigenvalue weighted by Gasteiger charge is 2.18. The number of imidazole rings is 3. The zero-order valence-electron chi connectivity index (χ0n) is 15.6. The summed E-state index contributed by atoms with van der Waals surface area (Å²) >= 11 is 1.61. The van der Waals surface area contributed by atoms with Crippen molar-refractivity contribution < 1.29 is 0 Å². The van der Waals surface area contributed by atoms with E-state index in [4.69, 9.17) is 4.98 Å². The molecule has 5 rings (SSSR count). The highest BCUT2D eigenvalue weighted by Crippen LogP contribution is 2.29. The van der Waals surface area contributed by atoms with Gasteiger partial charge in [-0.15, -0.1) is 0 Å². The second-order valence-electron chi connectivity index (χ2n) is 6.75. The molecule has 5 aromatic rings. The Morgan fingerprint density at radius 3 is 2.71 bits per heavy atom. The molecular formula is C20H19N7S. The molecule has 1 N–H and O–H groups in total. The number of hydrogen-bond acceptors (Lipinski definition) is 5. The van der Waals surface area contributed by atoms with E-state index in [1.54, 1.807) is 11.3 Å². The number of aromatic amines is 1. The van der Waals surface area contributed by atoms with Crippen molar-refractivity contribution in [2.24, 2.45) is 0 Å². The molecule has 0 aliphatic carbocycles. The number of aromatic nitrogens is 7. The van der Waals surface area contributed by atoms with Gasteiger partial charge in [-0.1, -0.05) is 41.7 Å². The average Bonchev–Trinajstić information content (AvgIpc) is 3.43. The molecule has 0 atom stereocenters. The fourth-order valence-corrected chi connectivity index (χ4v) is 4.08. The van der Waals surface area contributed by atoms with Crippen LogP contribution in [0.15, 0.2) is 49.1 Å². The number of H-pyrrole nitrogens is 1. The van der Waals surface area contributed by atoms with E-state index in [1.165, 1.54) is 0 Å². The summed E-state index contributed by atoms with van der Waals surface area (Å²) in [4.78, 5) is 18.2. The number of hydrogen-bond donors (Lipinski definition) is 1. The standard InChI is InChI=1S/C20H19N7S/c1-13-10-21-19(23-13)18-17(15-6-4-3-5-7-15)22-12-26(18)9-8-16-11-27-20(24-16)28-14(2)25-27/h3-7,10-12H,8-9H2,1-2H3,(H,21,23). The van der Waals surface area contributed by atoms with Crippen LogP contribution in [0, 0.1) is 13.8 Å². The first-order valence-corrected chi connectivity index (χ1v) is 9.93. The van der Waals surface area contributed by atoms with Crippen LogP contribution in [-0.4, -0.2) is 34.1 Å². The predicted octanol–water partition coefficient (Wildman–Crippen LogP) is 3.90. The van der Waals surface area contributed by atoms with E-state index in [9.17, 15) is 0 Å². The molecule has 0 unspecified atom stereocenters. The number of nitrogens with zero attached hydrogens (tertiary/aromatic N) is 6. The third kappa shape index (κ3) is 3.01. The van der Waals surface area contributed by atoms with Gasteiger partial charge in [-0.05, 0) is 13.8 Å². The smallest absolute Gasteiger partial charge is 0.212 e. The Morgan fingerprint density at radius 2 is 1.96 bits per heavy atom. The first-order valence-electron chi connectivity index (χ1n) is 9.11. The quantitative estimate of drug-likeness (QED) is 0.494. The lowest BCUT2D eigenvalue weighted by atomic mass is 10.1. The molecule has 7 nitrogen and oxygen atoms in total. The zero-order chi connectivity index (χ0) is 19.1. The maximum absolute atomic E-state index is 4.70. The first kappa shape index (κ1) is 16.9. The van der Waals surface area contributed by atoms with Gasteiger partial charge in [0.1, 0.15) is 10.7 Å². The topological polar surface area (TPSA) is 76.7 Å². The Bertz CT molecular complexity index is 1210. The van der Waals surface area contributed by atoms with Crippen molar-refractivity contribution in [3.63, 3.8) is 0 Å². The van der Waals surface area contributed by atoms with Gasteiger partial charge in [0.2, 0.25) is 4.96 Å². The van der Waals surface area contributed by atoms with Crippen molar-refractivity contribution in [3.05, 3.63) is 65.4 Å². The van der Waals surface area contributed by atoms with Crippen LogP contribution in [0.5, 0.6) is 0 Å². The third-order valence-electron chi connectivity index (χ3n) is 4.62. The van der Waals surface area contributed by atoms with Crippen LogP contribution in [0.25, 0.3) is 27.7 Å². The third-order valence-corrected chi connectivity index (χ3v) is 5.45.